The van der Waals surface area contributed by atoms with Crippen LogP contribution in [0.5, 0.6) is 11.5 Å². The average molecular weight is 613 g/mol. The molecule has 2 aromatic heterocycles. The van der Waals surface area contributed by atoms with E-state index in [4.69, 9.17) is 4.74 Å². The van der Waals surface area contributed by atoms with Crippen molar-refractivity contribution in [3.8, 4) is 11.5 Å². The quantitative estimate of drug-likeness (QED) is 0.247. The maximum atomic E-state index is 14.6. The zero-order valence-electron chi connectivity index (χ0n) is 23.8. The zero-order chi connectivity index (χ0) is 31.3. The summed E-state index contributed by atoms with van der Waals surface area (Å²) in [5, 5.41) is 13.8. The van der Waals surface area contributed by atoms with Gasteiger partial charge in [-0.25, -0.2) is 8.78 Å². The van der Waals surface area contributed by atoms with Crippen molar-refractivity contribution in [2.24, 2.45) is 0 Å². The van der Waals surface area contributed by atoms with Gasteiger partial charge in [0.1, 0.15) is 17.0 Å². The van der Waals surface area contributed by atoms with Crippen LogP contribution < -0.4 is 10.1 Å². The number of nitrogens with one attached hydrogen (secondary N) is 1. The van der Waals surface area contributed by atoms with E-state index in [9.17, 15) is 27.9 Å². The highest BCUT2D eigenvalue weighted by molar-refractivity contribution is 5.99. The monoisotopic (exact) mass is 612 g/mol. The number of amides is 2. The summed E-state index contributed by atoms with van der Waals surface area (Å²) in [6.07, 6.45) is 4.06. The number of aromatic hydroxyl groups is 1. The van der Waals surface area contributed by atoms with Crippen LogP contribution in [0.2, 0.25) is 0 Å². The predicted molar refractivity (Wildman–Crippen MR) is 158 cm³/mol. The molecule has 2 amide bonds. The van der Waals surface area contributed by atoms with Gasteiger partial charge in [-0.3, -0.25) is 14.6 Å². The van der Waals surface area contributed by atoms with Crippen LogP contribution in [-0.4, -0.2) is 50.1 Å². The third kappa shape index (κ3) is 5.03. The molecule has 4 heterocycles. The van der Waals surface area contributed by atoms with Crippen molar-refractivity contribution in [1.29, 1.82) is 0 Å². The van der Waals surface area contributed by atoms with Crippen molar-refractivity contribution < 1.29 is 32.6 Å². The summed E-state index contributed by atoms with van der Waals surface area (Å²) in [6, 6.07) is 20.7. The fraction of sp³-hybridized carbons (Fsp3) is 0.206. The molecule has 0 bridgehead atoms. The SMILES string of the molecule is O=C(NC1CC2(CCN(C(=O)c3cc(F)c(F)c(O)c3F)C2)Oc2ccccc21)c1cc2ccccc2n1Cc1ccncc1. The number of phenols is 1. The van der Waals surface area contributed by atoms with E-state index < -0.39 is 46.3 Å². The lowest BCUT2D eigenvalue weighted by Crippen LogP contribution is -2.48. The second-order valence-electron chi connectivity index (χ2n) is 11.4. The number of carbonyl (C=O) groups excluding carboxylic acids is 2. The Hall–Kier alpha value is -5.32. The number of fused-ring (bicyclic) bond motifs is 2. The standard InChI is InChI=1S/C34H27F3N4O4/c35-24-16-23(29(36)31(42)30(24)37)33(44)40-14-11-34(19-40)17-25(22-6-2-4-8-28(22)45-34)39-32(43)27-15-21-5-1-3-7-26(21)41(27)18-20-9-12-38-13-10-20/h1-10,12-13,15-16,25,42H,11,14,17-19H2,(H,39,43). The van der Waals surface area contributed by atoms with Gasteiger partial charge in [0.15, 0.2) is 17.4 Å². The first-order valence-electron chi connectivity index (χ1n) is 14.4. The number of rotatable bonds is 5. The molecule has 45 heavy (non-hydrogen) atoms. The van der Waals surface area contributed by atoms with Gasteiger partial charge in [-0.2, -0.15) is 4.39 Å². The minimum absolute atomic E-state index is 0.00798. The number of aromatic nitrogens is 2. The molecule has 2 aliphatic rings. The first kappa shape index (κ1) is 28.5. The van der Waals surface area contributed by atoms with Crippen LogP contribution in [0.25, 0.3) is 10.9 Å². The van der Waals surface area contributed by atoms with E-state index >= 15 is 0 Å². The highest BCUT2D eigenvalue weighted by atomic mass is 19.2. The second-order valence-corrected chi connectivity index (χ2v) is 11.4. The number of carbonyl (C=O) groups is 2. The van der Waals surface area contributed by atoms with E-state index in [0.717, 1.165) is 22.0 Å². The van der Waals surface area contributed by atoms with Crippen molar-refractivity contribution >= 4 is 22.7 Å². The van der Waals surface area contributed by atoms with E-state index in [1.54, 1.807) is 24.5 Å². The van der Waals surface area contributed by atoms with Gasteiger partial charge >= 0.3 is 0 Å². The van der Waals surface area contributed by atoms with Gasteiger partial charge < -0.3 is 24.6 Å². The fourth-order valence-electron chi connectivity index (χ4n) is 6.40. The molecule has 0 aliphatic carbocycles. The summed E-state index contributed by atoms with van der Waals surface area (Å²) in [4.78, 5) is 32.6. The molecule has 0 saturated carbocycles. The molecule has 0 radical (unpaired) electrons. The first-order chi connectivity index (χ1) is 21.7. The Kier molecular flexibility index (Phi) is 6.95. The van der Waals surface area contributed by atoms with Crippen molar-refractivity contribution in [3.05, 3.63) is 125 Å². The minimum Gasteiger partial charge on any atom is -0.503 e. The van der Waals surface area contributed by atoms with Crippen LogP contribution in [0, 0.1) is 17.5 Å². The molecule has 7 rings (SSSR count). The largest absolute Gasteiger partial charge is 0.503 e. The molecule has 1 fully saturated rings. The van der Waals surface area contributed by atoms with Gasteiger partial charge in [-0.15, -0.1) is 0 Å². The van der Waals surface area contributed by atoms with Gasteiger partial charge in [0.25, 0.3) is 11.8 Å². The molecule has 2 atom stereocenters. The van der Waals surface area contributed by atoms with Crippen LogP contribution in [0.4, 0.5) is 13.2 Å². The highest BCUT2D eigenvalue weighted by Crippen LogP contribution is 2.44. The Labute approximate surface area is 255 Å². The first-order valence-corrected chi connectivity index (χ1v) is 14.4. The number of ether oxygens (including phenoxy) is 1. The van der Waals surface area contributed by atoms with Crippen LogP contribution in [0.3, 0.4) is 0 Å². The zero-order valence-corrected chi connectivity index (χ0v) is 23.8. The molecule has 1 saturated heterocycles. The van der Waals surface area contributed by atoms with Crippen LogP contribution in [0.15, 0.2) is 85.2 Å². The number of nitrogens with zero attached hydrogens (tertiary/aromatic N) is 3. The van der Waals surface area contributed by atoms with Gasteiger partial charge in [-0.1, -0.05) is 36.4 Å². The number of likely N-dealkylation sites (tertiary alicyclic amines) is 1. The minimum atomic E-state index is -1.76. The van der Waals surface area contributed by atoms with Crippen LogP contribution in [-0.2, 0) is 6.54 Å². The summed E-state index contributed by atoms with van der Waals surface area (Å²) in [6.45, 7) is 0.606. The third-order valence-electron chi connectivity index (χ3n) is 8.60. The predicted octanol–water partition coefficient (Wildman–Crippen LogP) is 5.75. The molecule has 3 aromatic carbocycles. The number of hydrogen-bond acceptors (Lipinski definition) is 5. The van der Waals surface area contributed by atoms with Gasteiger partial charge in [0.2, 0.25) is 5.82 Å². The average Bonchev–Trinajstić information content (AvgIpc) is 3.63. The molecule has 8 nitrogen and oxygen atoms in total. The molecule has 11 heteroatoms. The van der Waals surface area contributed by atoms with Crippen molar-refractivity contribution in [1.82, 2.24) is 19.8 Å². The molecule has 228 valence electrons. The number of hydrogen-bond donors (Lipinski definition) is 2. The third-order valence-corrected chi connectivity index (χ3v) is 8.60. The highest BCUT2D eigenvalue weighted by Gasteiger charge is 2.48. The van der Waals surface area contributed by atoms with E-state index in [1.165, 1.54) is 4.90 Å². The topological polar surface area (TPSA) is 96.7 Å². The smallest absolute Gasteiger partial charge is 0.268 e. The summed E-state index contributed by atoms with van der Waals surface area (Å²) < 4.78 is 50.6. The summed E-state index contributed by atoms with van der Waals surface area (Å²) in [5.41, 5.74) is 1.42. The summed E-state index contributed by atoms with van der Waals surface area (Å²) >= 11 is 0. The number of phenolic OH excluding ortho intramolecular Hbond substituents is 1. The molecule has 1 spiro atoms. The molecule has 2 aliphatic heterocycles. The van der Waals surface area contributed by atoms with Gasteiger partial charge in [0, 0.05) is 54.8 Å². The van der Waals surface area contributed by atoms with Crippen molar-refractivity contribution in [3.63, 3.8) is 0 Å². The Balaban J connectivity index is 1.18. The maximum absolute atomic E-state index is 14.6. The normalized spacial score (nSPS) is 19.0. The Morgan fingerprint density at radius 3 is 2.58 bits per heavy atom. The molecule has 2 N–H and O–H groups in total. The molecule has 5 aromatic rings. The van der Waals surface area contributed by atoms with Crippen molar-refractivity contribution in [2.45, 2.75) is 31.0 Å². The van der Waals surface area contributed by atoms with Crippen LogP contribution >= 0.6 is 0 Å². The maximum Gasteiger partial charge on any atom is 0.268 e. The summed E-state index contributed by atoms with van der Waals surface area (Å²) in [5.74, 6) is -7.01. The number of para-hydroxylation sites is 2. The van der Waals surface area contributed by atoms with Gasteiger partial charge in [-0.05, 0) is 42.0 Å². The van der Waals surface area contributed by atoms with E-state index in [1.807, 2.05) is 59.2 Å². The molecule has 2 unspecified atom stereocenters. The van der Waals surface area contributed by atoms with Crippen LogP contribution in [0.1, 0.15) is 50.9 Å². The molecular weight excluding hydrogens is 585 g/mol. The van der Waals surface area contributed by atoms with E-state index in [-0.39, 0.29) is 19.0 Å². The fourth-order valence-corrected chi connectivity index (χ4v) is 6.40. The Bertz CT molecular complexity index is 1960. The summed E-state index contributed by atoms with van der Waals surface area (Å²) in [7, 11) is 0. The van der Waals surface area contributed by atoms with Crippen molar-refractivity contribution in [2.75, 3.05) is 13.1 Å². The van der Waals surface area contributed by atoms with Gasteiger partial charge in [0.05, 0.1) is 18.2 Å². The second kappa shape index (κ2) is 11.0. The Morgan fingerprint density at radius 2 is 1.76 bits per heavy atom. The van der Waals surface area contributed by atoms with E-state index in [2.05, 4.69) is 10.3 Å². The lowest BCUT2D eigenvalue weighted by molar-refractivity contribution is 0.0349. The number of benzene rings is 3. The number of halogens is 3. The number of pyridine rings is 1. The Morgan fingerprint density at radius 1 is 1.00 bits per heavy atom. The molecular formula is C34H27F3N4O4. The lowest BCUT2D eigenvalue weighted by atomic mass is 9.86. The lowest BCUT2D eigenvalue weighted by Gasteiger charge is -2.40. The van der Waals surface area contributed by atoms with E-state index in [0.29, 0.717) is 36.9 Å².